The number of benzene rings is 1. The molecule has 5 nitrogen and oxygen atoms in total. The minimum atomic E-state index is -0.233. The molecule has 1 aromatic carbocycles. The summed E-state index contributed by atoms with van der Waals surface area (Å²) in [7, 11) is 0. The molecule has 6 heteroatoms. The number of hydrogen-bond acceptors (Lipinski definition) is 3. The lowest BCUT2D eigenvalue weighted by Gasteiger charge is -2.35. The van der Waals surface area contributed by atoms with E-state index in [4.69, 9.17) is 4.74 Å². The van der Waals surface area contributed by atoms with Gasteiger partial charge in [-0.05, 0) is 49.8 Å². The van der Waals surface area contributed by atoms with E-state index in [0.717, 1.165) is 31.2 Å². The monoisotopic (exact) mass is 336 g/mol. The summed E-state index contributed by atoms with van der Waals surface area (Å²) < 4.78 is 19.2. The number of nitrogens with one attached hydrogen (secondary N) is 1. The molecule has 24 heavy (non-hydrogen) atoms. The lowest BCUT2D eigenvalue weighted by atomic mass is 9.93. The Morgan fingerprint density at radius 1 is 1.33 bits per heavy atom. The molecular formula is C18H25FN2O3. The maximum Gasteiger partial charge on any atom is 0.317 e. The molecule has 1 aliphatic heterocycles. The molecule has 1 saturated carbocycles. The molecule has 1 saturated heterocycles. The summed E-state index contributed by atoms with van der Waals surface area (Å²) in [5.41, 5.74) is 1.48. The van der Waals surface area contributed by atoms with Gasteiger partial charge in [-0.1, -0.05) is 12.1 Å². The van der Waals surface area contributed by atoms with Crippen LogP contribution in [0.4, 0.5) is 9.18 Å². The van der Waals surface area contributed by atoms with Crippen LogP contribution in [0.1, 0.15) is 42.9 Å². The first-order valence-electron chi connectivity index (χ1n) is 8.64. The zero-order valence-corrected chi connectivity index (χ0v) is 14.0. The molecule has 0 radical (unpaired) electrons. The van der Waals surface area contributed by atoms with Crippen LogP contribution in [0.3, 0.4) is 0 Å². The Hall–Kier alpha value is -1.66. The van der Waals surface area contributed by atoms with Crippen molar-refractivity contribution in [2.75, 3.05) is 19.7 Å². The Morgan fingerprint density at radius 3 is 2.79 bits per heavy atom. The summed E-state index contributed by atoms with van der Waals surface area (Å²) in [4.78, 5) is 14.2. The van der Waals surface area contributed by atoms with Gasteiger partial charge in [-0.3, -0.25) is 0 Å². The number of aliphatic hydroxyl groups is 1. The highest BCUT2D eigenvalue weighted by molar-refractivity contribution is 5.74. The predicted molar refractivity (Wildman–Crippen MR) is 88.2 cm³/mol. The Balaban J connectivity index is 1.58. The number of halogens is 1. The Labute approximate surface area is 141 Å². The molecule has 1 heterocycles. The number of aliphatic hydroxyl groups excluding tert-OH is 1. The van der Waals surface area contributed by atoms with Crippen LogP contribution in [0.2, 0.25) is 0 Å². The Kier molecular flexibility index (Phi) is 5.36. The highest BCUT2D eigenvalue weighted by Gasteiger charge is 2.28. The maximum atomic E-state index is 13.4. The van der Waals surface area contributed by atoms with Crippen molar-refractivity contribution in [3.8, 4) is 0 Å². The van der Waals surface area contributed by atoms with Gasteiger partial charge in [0.2, 0.25) is 0 Å². The van der Waals surface area contributed by atoms with Crippen molar-refractivity contribution in [3.05, 3.63) is 35.1 Å². The summed E-state index contributed by atoms with van der Waals surface area (Å²) in [6.07, 6.45) is 2.66. The lowest BCUT2D eigenvalue weighted by molar-refractivity contribution is -0.0161. The van der Waals surface area contributed by atoms with Crippen LogP contribution in [0.15, 0.2) is 18.2 Å². The van der Waals surface area contributed by atoms with E-state index in [9.17, 15) is 14.3 Å². The van der Waals surface area contributed by atoms with Gasteiger partial charge in [0, 0.05) is 12.6 Å². The molecule has 2 N–H and O–H groups in total. The van der Waals surface area contributed by atoms with Crippen molar-refractivity contribution in [2.24, 2.45) is 0 Å². The van der Waals surface area contributed by atoms with Crippen LogP contribution in [-0.4, -0.2) is 47.9 Å². The van der Waals surface area contributed by atoms with Crippen molar-refractivity contribution >= 4 is 6.03 Å². The van der Waals surface area contributed by atoms with Crippen LogP contribution < -0.4 is 5.32 Å². The first-order valence-corrected chi connectivity index (χ1v) is 8.64. The standard InChI is InChI=1S/C18H25FN2O3/c1-12-10-13(2-7-16(12)19)17-11-21(8-9-24-17)18(23)20-14-3-5-15(22)6-4-14/h2,7,10,14-15,17,22H,3-6,8-9,11H2,1H3,(H,20,23). The van der Waals surface area contributed by atoms with Gasteiger partial charge in [0.15, 0.2) is 0 Å². The summed E-state index contributed by atoms with van der Waals surface area (Å²) in [5, 5.41) is 12.6. The number of carbonyl (C=O) groups excluding carboxylic acids is 1. The van der Waals surface area contributed by atoms with E-state index >= 15 is 0 Å². The molecule has 132 valence electrons. The molecular weight excluding hydrogens is 311 g/mol. The second-order valence-corrected chi connectivity index (χ2v) is 6.77. The number of aryl methyl sites for hydroxylation is 1. The third-order valence-corrected chi connectivity index (χ3v) is 4.93. The van der Waals surface area contributed by atoms with Crippen molar-refractivity contribution in [1.29, 1.82) is 0 Å². The second-order valence-electron chi connectivity index (χ2n) is 6.77. The predicted octanol–water partition coefficient (Wildman–Crippen LogP) is 2.52. The van der Waals surface area contributed by atoms with Gasteiger partial charge in [0.05, 0.1) is 19.3 Å². The van der Waals surface area contributed by atoms with Crippen LogP contribution in [0.25, 0.3) is 0 Å². The average Bonchev–Trinajstić information content (AvgIpc) is 2.59. The van der Waals surface area contributed by atoms with Gasteiger partial charge in [-0.2, -0.15) is 0 Å². The fourth-order valence-electron chi connectivity index (χ4n) is 3.39. The smallest absolute Gasteiger partial charge is 0.317 e. The van der Waals surface area contributed by atoms with Crippen molar-refractivity contribution in [3.63, 3.8) is 0 Å². The molecule has 0 spiro atoms. The van der Waals surface area contributed by atoms with E-state index in [1.54, 1.807) is 24.0 Å². The molecule has 1 atom stereocenters. The largest absolute Gasteiger partial charge is 0.393 e. The van der Waals surface area contributed by atoms with Crippen LogP contribution in [0, 0.1) is 12.7 Å². The summed E-state index contributed by atoms with van der Waals surface area (Å²) in [5.74, 6) is -0.233. The van der Waals surface area contributed by atoms with Crippen molar-refractivity contribution in [2.45, 2.75) is 50.9 Å². The minimum absolute atomic E-state index is 0.0801. The molecule has 1 aliphatic carbocycles. The molecule has 0 aromatic heterocycles. The molecule has 2 fully saturated rings. The quantitative estimate of drug-likeness (QED) is 0.872. The third-order valence-electron chi connectivity index (χ3n) is 4.93. The number of rotatable bonds is 2. The summed E-state index contributed by atoms with van der Waals surface area (Å²) in [6, 6.07) is 5.00. The molecule has 1 aromatic rings. The molecule has 1 unspecified atom stereocenters. The number of carbonyl (C=O) groups is 1. The average molecular weight is 336 g/mol. The van der Waals surface area contributed by atoms with E-state index in [2.05, 4.69) is 5.32 Å². The molecule has 2 aliphatic rings. The summed E-state index contributed by atoms with van der Waals surface area (Å²) >= 11 is 0. The van der Waals surface area contributed by atoms with Gasteiger partial charge in [0.25, 0.3) is 0 Å². The number of amides is 2. The van der Waals surface area contributed by atoms with Crippen LogP contribution in [-0.2, 0) is 4.74 Å². The van der Waals surface area contributed by atoms with Crippen LogP contribution >= 0.6 is 0 Å². The fourth-order valence-corrected chi connectivity index (χ4v) is 3.39. The zero-order valence-electron chi connectivity index (χ0n) is 14.0. The van der Waals surface area contributed by atoms with E-state index in [0.29, 0.717) is 25.3 Å². The van der Waals surface area contributed by atoms with Gasteiger partial charge in [-0.25, -0.2) is 9.18 Å². The van der Waals surface area contributed by atoms with Crippen molar-refractivity contribution in [1.82, 2.24) is 10.2 Å². The number of hydrogen-bond donors (Lipinski definition) is 2. The van der Waals surface area contributed by atoms with E-state index in [1.807, 2.05) is 0 Å². The van der Waals surface area contributed by atoms with Gasteiger partial charge < -0.3 is 20.1 Å². The van der Waals surface area contributed by atoms with Gasteiger partial charge in [0.1, 0.15) is 11.9 Å². The first-order chi connectivity index (χ1) is 11.5. The SMILES string of the molecule is Cc1cc(C2CN(C(=O)NC3CCC(O)CC3)CCO2)ccc1F. The van der Waals surface area contributed by atoms with Gasteiger partial charge in [-0.15, -0.1) is 0 Å². The lowest BCUT2D eigenvalue weighted by Crippen LogP contribution is -2.50. The highest BCUT2D eigenvalue weighted by atomic mass is 19.1. The topological polar surface area (TPSA) is 61.8 Å². The number of nitrogens with zero attached hydrogens (tertiary/aromatic N) is 1. The fraction of sp³-hybridized carbons (Fsp3) is 0.611. The zero-order chi connectivity index (χ0) is 17.1. The van der Waals surface area contributed by atoms with E-state index in [1.165, 1.54) is 6.07 Å². The molecule has 0 bridgehead atoms. The number of morpholine rings is 1. The van der Waals surface area contributed by atoms with Gasteiger partial charge >= 0.3 is 6.03 Å². The second kappa shape index (κ2) is 7.49. The Bertz CT molecular complexity index is 588. The van der Waals surface area contributed by atoms with Crippen LogP contribution in [0.5, 0.6) is 0 Å². The van der Waals surface area contributed by atoms with E-state index in [-0.39, 0.29) is 30.1 Å². The summed E-state index contributed by atoms with van der Waals surface area (Å²) in [6.45, 7) is 3.21. The molecule has 2 amide bonds. The maximum absolute atomic E-state index is 13.4. The minimum Gasteiger partial charge on any atom is -0.393 e. The van der Waals surface area contributed by atoms with Crippen molar-refractivity contribution < 1.29 is 19.0 Å². The number of urea groups is 1. The Morgan fingerprint density at radius 2 is 2.08 bits per heavy atom. The number of ether oxygens (including phenoxy) is 1. The first kappa shape index (κ1) is 17.2. The normalized spacial score (nSPS) is 27.8. The molecule has 3 rings (SSSR count). The van der Waals surface area contributed by atoms with E-state index < -0.39 is 0 Å². The third kappa shape index (κ3) is 4.05. The highest BCUT2D eigenvalue weighted by Crippen LogP contribution is 2.24.